The predicted octanol–water partition coefficient (Wildman–Crippen LogP) is 1.36. The van der Waals surface area contributed by atoms with Gasteiger partial charge >= 0.3 is 0 Å². The summed E-state index contributed by atoms with van der Waals surface area (Å²) in [5.74, 6) is -0.342. The third-order valence-electron chi connectivity index (χ3n) is 4.28. The van der Waals surface area contributed by atoms with Gasteiger partial charge in [-0.3, -0.25) is 14.4 Å². The van der Waals surface area contributed by atoms with Crippen LogP contribution in [-0.4, -0.2) is 38.7 Å². The minimum atomic E-state index is -0.519. The lowest BCUT2D eigenvalue weighted by atomic mass is 9.94. The number of rotatable bonds is 5. The first-order valence-corrected chi connectivity index (χ1v) is 7.74. The van der Waals surface area contributed by atoms with Gasteiger partial charge in [-0.25, -0.2) is 9.37 Å². The second-order valence-electron chi connectivity index (χ2n) is 5.98. The van der Waals surface area contributed by atoms with Crippen LogP contribution in [0.2, 0.25) is 0 Å². The Kier molecular flexibility index (Phi) is 4.66. The lowest BCUT2D eigenvalue weighted by molar-refractivity contribution is -0.124. The van der Waals surface area contributed by atoms with Gasteiger partial charge in [-0.05, 0) is 43.0 Å². The molecule has 0 spiro atoms. The summed E-state index contributed by atoms with van der Waals surface area (Å²) in [5, 5.41) is 4.14. The van der Waals surface area contributed by atoms with Crippen molar-refractivity contribution in [1.29, 1.82) is 0 Å². The van der Waals surface area contributed by atoms with E-state index in [0.717, 1.165) is 38.0 Å². The van der Waals surface area contributed by atoms with Gasteiger partial charge in [-0.1, -0.05) is 12.1 Å². The predicted molar refractivity (Wildman–Crippen MR) is 82.7 cm³/mol. The molecule has 1 aromatic carbocycles. The minimum absolute atomic E-state index is 0.320. The van der Waals surface area contributed by atoms with Crippen LogP contribution in [0.15, 0.2) is 36.9 Å². The first-order valence-electron chi connectivity index (χ1n) is 7.74. The van der Waals surface area contributed by atoms with Gasteiger partial charge in [0.05, 0.1) is 0 Å². The van der Waals surface area contributed by atoms with Crippen LogP contribution in [-0.2, 0) is 11.3 Å². The highest BCUT2D eigenvalue weighted by Gasteiger charge is 2.30. The standard InChI is InChI=1S/C16H20FN5O/c17-14-5-3-13(4-6-14)15(16(18)23)21-7-1-2-12(8-21)9-22-11-19-10-20-22/h3-6,10-12,15H,1-2,7-9H2,(H2,18,23)/t12-,15-/m1/s1. The van der Waals surface area contributed by atoms with Crippen LogP contribution in [0.1, 0.15) is 24.4 Å². The Morgan fingerprint density at radius 3 is 2.83 bits per heavy atom. The molecular weight excluding hydrogens is 297 g/mol. The number of benzene rings is 1. The normalized spacial score (nSPS) is 20.3. The molecule has 2 heterocycles. The van der Waals surface area contributed by atoms with Crippen molar-refractivity contribution >= 4 is 5.91 Å². The van der Waals surface area contributed by atoms with E-state index < -0.39 is 11.9 Å². The number of piperidine rings is 1. The highest BCUT2D eigenvalue weighted by atomic mass is 19.1. The first kappa shape index (κ1) is 15.6. The summed E-state index contributed by atoms with van der Waals surface area (Å²) in [7, 11) is 0. The molecule has 0 radical (unpaired) electrons. The molecule has 6 nitrogen and oxygen atoms in total. The van der Waals surface area contributed by atoms with Crippen LogP contribution in [0.5, 0.6) is 0 Å². The van der Waals surface area contributed by atoms with E-state index in [1.165, 1.54) is 18.5 Å². The number of nitrogens with zero attached hydrogens (tertiary/aromatic N) is 4. The quantitative estimate of drug-likeness (QED) is 0.903. The number of halogens is 1. The number of carbonyl (C=O) groups is 1. The molecule has 122 valence electrons. The molecule has 1 aliphatic heterocycles. The minimum Gasteiger partial charge on any atom is -0.368 e. The molecule has 1 aliphatic rings. The zero-order valence-electron chi connectivity index (χ0n) is 12.8. The fourth-order valence-electron chi connectivity index (χ4n) is 3.27. The van der Waals surface area contributed by atoms with Gasteiger partial charge in [0, 0.05) is 13.1 Å². The molecule has 1 saturated heterocycles. The van der Waals surface area contributed by atoms with E-state index in [2.05, 4.69) is 15.0 Å². The number of amides is 1. The third-order valence-corrected chi connectivity index (χ3v) is 4.28. The molecule has 0 saturated carbocycles. The molecule has 2 aromatic rings. The summed E-state index contributed by atoms with van der Waals surface area (Å²) in [5.41, 5.74) is 6.35. The Balaban J connectivity index is 1.74. The topological polar surface area (TPSA) is 77.0 Å². The van der Waals surface area contributed by atoms with Gasteiger partial charge < -0.3 is 5.73 Å². The number of primary amides is 1. The van der Waals surface area contributed by atoms with Crippen LogP contribution in [0, 0.1) is 11.7 Å². The van der Waals surface area contributed by atoms with Crippen molar-refractivity contribution in [2.24, 2.45) is 11.7 Å². The van der Waals surface area contributed by atoms with Gasteiger partial charge in [0.1, 0.15) is 24.5 Å². The molecule has 1 fully saturated rings. The van der Waals surface area contributed by atoms with E-state index in [1.54, 1.807) is 18.5 Å². The fourth-order valence-corrected chi connectivity index (χ4v) is 3.27. The lowest BCUT2D eigenvalue weighted by Crippen LogP contribution is -2.44. The van der Waals surface area contributed by atoms with Gasteiger partial charge in [0.25, 0.3) is 0 Å². The summed E-state index contributed by atoms with van der Waals surface area (Å²) in [6.45, 7) is 2.33. The number of aromatic nitrogens is 3. The molecule has 3 rings (SSSR count). The maximum Gasteiger partial charge on any atom is 0.239 e. The molecule has 7 heteroatoms. The van der Waals surface area contributed by atoms with Crippen LogP contribution in [0.25, 0.3) is 0 Å². The maximum atomic E-state index is 13.1. The number of likely N-dealkylation sites (tertiary alicyclic amines) is 1. The van der Waals surface area contributed by atoms with Crippen molar-refractivity contribution in [2.75, 3.05) is 13.1 Å². The van der Waals surface area contributed by atoms with Crippen molar-refractivity contribution in [3.8, 4) is 0 Å². The summed E-state index contributed by atoms with van der Waals surface area (Å²) >= 11 is 0. The monoisotopic (exact) mass is 317 g/mol. The lowest BCUT2D eigenvalue weighted by Gasteiger charge is -2.37. The highest BCUT2D eigenvalue weighted by Crippen LogP contribution is 2.27. The van der Waals surface area contributed by atoms with E-state index in [4.69, 9.17) is 5.73 Å². The first-order chi connectivity index (χ1) is 11.1. The number of carbonyl (C=O) groups excluding carboxylic acids is 1. The molecule has 0 aliphatic carbocycles. The molecule has 1 aromatic heterocycles. The Hall–Kier alpha value is -2.28. The highest BCUT2D eigenvalue weighted by molar-refractivity contribution is 5.81. The summed E-state index contributed by atoms with van der Waals surface area (Å²) in [6, 6.07) is 5.47. The van der Waals surface area contributed by atoms with Gasteiger partial charge in [0.2, 0.25) is 5.91 Å². The van der Waals surface area contributed by atoms with Crippen molar-refractivity contribution in [2.45, 2.75) is 25.4 Å². The van der Waals surface area contributed by atoms with E-state index in [0.29, 0.717) is 5.92 Å². The Labute approximate surface area is 134 Å². The summed E-state index contributed by atoms with van der Waals surface area (Å²) in [6.07, 6.45) is 5.28. The van der Waals surface area contributed by atoms with Crippen molar-refractivity contribution in [1.82, 2.24) is 19.7 Å². The second kappa shape index (κ2) is 6.87. The Morgan fingerprint density at radius 2 is 2.17 bits per heavy atom. The molecule has 1 amide bonds. The summed E-state index contributed by atoms with van der Waals surface area (Å²) in [4.78, 5) is 18.0. The Morgan fingerprint density at radius 1 is 1.39 bits per heavy atom. The van der Waals surface area contributed by atoms with Crippen molar-refractivity contribution in [3.05, 3.63) is 48.3 Å². The molecule has 0 unspecified atom stereocenters. The van der Waals surface area contributed by atoms with Crippen molar-refractivity contribution in [3.63, 3.8) is 0 Å². The van der Waals surface area contributed by atoms with E-state index in [-0.39, 0.29) is 5.82 Å². The number of nitrogens with two attached hydrogens (primary N) is 1. The third kappa shape index (κ3) is 3.73. The van der Waals surface area contributed by atoms with Gasteiger partial charge in [0.15, 0.2) is 0 Å². The molecule has 23 heavy (non-hydrogen) atoms. The molecular formula is C16H20FN5O. The summed E-state index contributed by atoms with van der Waals surface area (Å²) < 4.78 is 14.9. The number of hydrogen-bond donors (Lipinski definition) is 1. The van der Waals surface area contributed by atoms with Crippen LogP contribution >= 0.6 is 0 Å². The van der Waals surface area contributed by atoms with E-state index in [1.807, 2.05) is 4.68 Å². The molecule has 2 N–H and O–H groups in total. The largest absolute Gasteiger partial charge is 0.368 e. The smallest absolute Gasteiger partial charge is 0.239 e. The Bertz CT molecular complexity index is 643. The van der Waals surface area contributed by atoms with Gasteiger partial charge in [-0.15, -0.1) is 0 Å². The van der Waals surface area contributed by atoms with E-state index in [9.17, 15) is 9.18 Å². The molecule has 2 atom stereocenters. The fraction of sp³-hybridized carbons (Fsp3) is 0.438. The van der Waals surface area contributed by atoms with Crippen LogP contribution < -0.4 is 5.73 Å². The average molecular weight is 317 g/mol. The second-order valence-corrected chi connectivity index (χ2v) is 5.98. The zero-order valence-corrected chi connectivity index (χ0v) is 12.8. The van der Waals surface area contributed by atoms with E-state index >= 15 is 0 Å². The van der Waals surface area contributed by atoms with Gasteiger partial charge in [-0.2, -0.15) is 5.10 Å². The zero-order chi connectivity index (χ0) is 16.2. The van der Waals surface area contributed by atoms with Crippen LogP contribution in [0.4, 0.5) is 4.39 Å². The number of hydrogen-bond acceptors (Lipinski definition) is 4. The molecule has 0 bridgehead atoms. The van der Waals surface area contributed by atoms with Crippen molar-refractivity contribution < 1.29 is 9.18 Å². The average Bonchev–Trinajstić information content (AvgIpc) is 3.02. The van der Waals surface area contributed by atoms with Crippen LogP contribution in [0.3, 0.4) is 0 Å². The maximum absolute atomic E-state index is 13.1. The SMILES string of the molecule is NC(=O)[C@@H](c1ccc(F)cc1)N1CCC[C@@H](Cn2cncn2)C1.